The van der Waals surface area contributed by atoms with Crippen LogP contribution >= 0.6 is 0 Å². The van der Waals surface area contributed by atoms with Gasteiger partial charge in [-0.2, -0.15) is 0 Å². The Balaban J connectivity index is 1.41. The van der Waals surface area contributed by atoms with E-state index in [1.54, 1.807) is 18.1 Å². The summed E-state index contributed by atoms with van der Waals surface area (Å²) in [5, 5.41) is 4.14. The second-order valence-corrected chi connectivity index (χ2v) is 7.45. The third kappa shape index (κ3) is 3.19. The van der Waals surface area contributed by atoms with Gasteiger partial charge in [-0.3, -0.25) is 9.48 Å². The van der Waals surface area contributed by atoms with E-state index in [0.717, 1.165) is 38.4 Å². The second kappa shape index (κ2) is 6.44. The standard InChI is InChI=1S/C17H26N4O3/c1-20-12-18-15(19-20)16(22)21-7-8-24-17(11-21)6-2-3-14(17)10-23-9-13-4-5-13/h12-14H,2-11H2,1H3/t14-,17+/m0/s1. The largest absolute Gasteiger partial charge is 0.381 e. The van der Waals surface area contributed by atoms with Gasteiger partial charge in [-0.05, 0) is 31.6 Å². The minimum absolute atomic E-state index is 0.0946. The maximum absolute atomic E-state index is 12.7. The van der Waals surface area contributed by atoms with Gasteiger partial charge < -0.3 is 14.4 Å². The third-order valence-corrected chi connectivity index (χ3v) is 5.55. The monoisotopic (exact) mass is 334 g/mol. The van der Waals surface area contributed by atoms with Crippen molar-refractivity contribution in [3.8, 4) is 0 Å². The zero-order valence-electron chi connectivity index (χ0n) is 14.3. The maximum Gasteiger partial charge on any atom is 0.293 e. The first-order chi connectivity index (χ1) is 11.7. The summed E-state index contributed by atoms with van der Waals surface area (Å²) in [6.07, 6.45) is 7.45. The molecule has 1 aliphatic heterocycles. The van der Waals surface area contributed by atoms with Gasteiger partial charge in [0, 0.05) is 26.1 Å². The fourth-order valence-corrected chi connectivity index (χ4v) is 3.97. The van der Waals surface area contributed by atoms with Crippen LogP contribution in [-0.4, -0.2) is 64.1 Å². The Labute approximate surface area is 142 Å². The minimum Gasteiger partial charge on any atom is -0.381 e. The molecular weight excluding hydrogens is 308 g/mol. The number of carbonyl (C=O) groups is 1. The molecule has 0 aromatic carbocycles. The van der Waals surface area contributed by atoms with Crippen molar-refractivity contribution in [1.82, 2.24) is 19.7 Å². The molecule has 0 N–H and O–H groups in total. The molecule has 1 aromatic heterocycles. The molecule has 0 unspecified atom stereocenters. The van der Waals surface area contributed by atoms with E-state index >= 15 is 0 Å². The summed E-state index contributed by atoms with van der Waals surface area (Å²) in [4.78, 5) is 18.6. The first-order valence-electron chi connectivity index (χ1n) is 9.03. The average molecular weight is 334 g/mol. The highest BCUT2D eigenvalue weighted by Gasteiger charge is 2.48. The zero-order chi connectivity index (χ0) is 16.6. The van der Waals surface area contributed by atoms with Gasteiger partial charge in [-0.1, -0.05) is 6.42 Å². The molecule has 2 atom stereocenters. The Kier molecular flexibility index (Phi) is 4.30. The number of aromatic nitrogens is 3. The zero-order valence-corrected chi connectivity index (χ0v) is 14.3. The summed E-state index contributed by atoms with van der Waals surface area (Å²) in [5.41, 5.74) is -0.244. The van der Waals surface area contributed by atoms with Crippen molar-refractivity contribution in [3.05, 3.63) is 12.2 Å². The van der Waals surface area contributed by atoms with Gasteiger partial charge in [0.15, 0.2) is 0 Å². The summed E-state index contributed by atoms with van der Waals surface area (Å²) in [6.45, 7) is 3.45. The van der Waals surface area contributed by atoms with Crippen LogP contribution < -0.4 is 0 Å². The number of nitrogens with zero attached hydrogens (tertiary/aromatic N) is 4. The van der Waals surface area contributed by atoms with Crippen LogP contribution in [0.4, 0.5) is 0 Å². The molecule has 1 amide bonds. The summed E-state index contributed by atoms with van der Waals surface area (Å²) < 4.78 is 13.7. The summed E-state index contributed by atoms with van der Waals surface area (Å²) in [7, 11) is 1.77. The van der Waals surface area contributed by atoms with Crippen molar-refractivity contribution < 1.29 is 14.3 Å². The lowest BCUT2D eigenvalue weighted by Crippen LogP contribution is -2.56. The number of ether oxygens (including phenoxy) is 2. The lowest BCUT2D eigenvalue weighted by Gasteiger charge is -2.43. The van der Waals surface area contributed by atoms with E-state index in [2.05, 4.69) is 10.1 Å². The van der Waals surface area contributed by atoms with E-state index in [1.807, 2.05) is 4.90 Å². The number of aryl methyl sites for hydroxylation is 1. The fraction of sp³-hybridized carbons (Fsp3) is 0.824. The SMILES string of the molecule is Cn1cnc(C(=O)N2CCO[C@]3(CCC[C@H]3COCC3CC3)C2)n1. The van der Waals surface area contributed by atoms with Gasteiger partial charge >= 0.3 is 0 Å². The Morgan fingerprint density at radius 3 is 3.04 bits per heavy atom. The first-order valence-corrected chi connectivity index (χ1v) is 9.03. The Morgan fingerprint density at radius 1 is 1.42 bits per heavy atom. The van der Waals surface area contributed by atoms with Crippen LogP contribution in [0, 0.1) is 11.8 Å². The Bertz CT molecular complexity index is 600. The number of carbonyl (C=O) groups excluding carboxylic acids is 1. The smallest absolute Gasteiger partial charge is 0.293 e. The number of rotatable bonds is 5. The molecule has 2 aliphatic carbocycles. The number of hydrogen-bond donors (Lipinski definition) is 0. The molecule has 1 saturated heterocycles. The van der Waals surface area contributed by atoms with Gasteiger partial charge in [-0.25, -0.2) is 4.98 Å². The molecule has 7 nitrogen and oxygen atoms in total. The lowest BCUT2D eigenvalue weighted by atomic mass is 9.89. The van der Waals surface area contributed by atoms with Crippen molar-refractivity contribution >= 4 is 5.91 Å². The van der Waals surface area contributed by atoms with Crippen LogP contribution in [0.3, 0.4) is 0 Å². The van der Waals surface area contributed by atoms with Crippen LogP contribution in [0.2, 0.25) is 0 Å². The maximum atomic E-state index is 12.7. The van der Waals surface area contributed by atoms with Crippen LogP contribution in [0.15, 0.2) is 6.33 Å². The molecule has 1 spiro atoms. The predicted octanol–water partition coefficient (Wildman–Crippen LogP) is 1.25. The summed E-state index contributed by atoms with van der Waals surface area (Å²) in [5.74, 6) is 1.34. The van der Waals surface area contributed by atoms with E-state index in [9.17, 15) is 4.79 Å². The van der Waals surface area contributed by atoms with E-state index in [0.29, 0.717) is 25.6 Å². The first kappa shape index (κ1) is 16.0. The fourth-order valence-electron chi connectivity index (χ4n) is 3.97. The van der Waals surface area contributed by atoms with Gasteiger partial charge in [0.1, 0.15) is 6.33 Å². The molecular formula is C17H26N4O3. The van der Waals surface area contributed by atoms with E-state index < -0.39 is 0 Å². The number of morpholine rings is 1. The molecule has 24 heavy (non-hydrogen) atoms. The normalized spacial score (nSPS) is 30.2. The van der Waals surface area contributed by atoms with E-state index in [-0.39, 0.29) is 17.3 Å². The van der Waals surface area contributed by atoms with Crippen molar-refractivity contribution in [2.45, 2.75) is 37.7 Å². The number of amides is 1. The topological polar surface area (TPSA) is 69.5 Å². The highest BCUT2D eigenvalue weighted by Crippen LogP contribution is 2.41. The van der Waals surface area contributed by atoms with E-state index in [1.165, 1.54) is 12.8 Å². The summed E-state index contributed by atoms with van der Waals surface area (Å²) in [6, 6.07) is 0. The van der Waals surface area contributed by atoms with Crippen molar-refractivity contribution in [2.75, 3.05) is 32.9 Å². The van der Waals surface area contributed by atoms with Gasteiger partial charge in [0.2, 0.25) is 5.82 Å². The third-order valence-electron chi connectivity index (χ3n) is 5.55. The molecule has 0 bridgehead atoms. The van der Waals surface area contributed by atoms with Gasteiger partial charge in [0.05, 0.1) is 25.4 Å². The van der Waals surface area contributed by atoms with Crippen molar-refractivity contribution in [2.24, 2.45) is 18.9 Å². The highest BCUT2D eigenvalue weighted by atomic mass is 16.5. The molecule has 1 aromatic rings. The molecule has 2 heterocycles. The van der Waals surface area contributed by atoms with Gasteiger partial charge in [0.25, 0.3) is 5.91 Å². The highest BCUT2D eigenvalue weighted by molar-refractivity contribution is 5.90. The Hall–Kier alpha value is -1.47. The molecule has 7 heteroatoms. The van der Waals surface area contributed by atoms with Crippen molar-refractivity contribution in [3.63, 3.8) is 0 Å². The van der Waals surface area contributed by atoms with Crippen LogP contribution in [0.25, 0.3) is 0 Å². The Morgan fingerprint density at radius 2 is 2.29 bits per heavy atom. The quantitative estimate of drug-likeness (QED) is 0.811. The van der Waals surface area contributed by atoms with Crippen LogP contribution in [-0.2, 0) is 16.5 Å². The molecule has 3 aliphatic rings. The number of hydrogen-bond acceptors (Lipinski definition) is 5. The second-order valence-electron chi connectivity index (χ2n) is 7.45. The average Bonchev–Trinajstić information content (AvgIpc) is 3.19. The summed E-state index contributed by atoms with van der Waals surface area (Å²) >= 11 is 0. The van der Waals surface area contributed by atoms with Crippen LogP contribution in [0.5, 0.6) is 0 Å². The predicted molar refractivity (Wildman–Crippen MR) is 86.5 cm³/mol. The molecule has 132 valence electrons. The van der Waals surface area contributed by atoms with Crippen molar-refractivity contribution in [1.29, 1.82) is 0 Å². The van der Waals surface area contributed by atoms with Crippen LogP contribution in [0.1, 0.15) is 42.7 Å². The lowest BCUT2D eigenvalue weighted by molar-refractivity contribution is -0.133. The van der Waals surface area contributed by atoms with E-state index in [4.69, 9.17) is 9.47 Å². The molecule has 2 saturated carbocycles. The molecule has 4 rings (SSSR count). The minimum atomic E-state index is -0.244. The molecule has 3 fully saturated rings. The molecule has 0 radical (unpaired) electrons. The van der Waals surface area contributed by atoms with Gasteiger partial charge in [-0.15, -0.1) is 5.10 Å².